The number of rotatable bonds is 7. The highest BCUT2D eigenvalue weighted by Crippen LogP contribution is 2.29. The van der Waals surface area contributed by atoms with E-state index in [-0.39, 0.29) is 49.0 Å². The van der Waals surface area contributed by atoms with E-state index in [4.69, 9.17) is 9.47 Å². The summed E-state index contributed by atoms with van der Waals surface area (Å²) in [5, 5.41) is 13.0. The molecule has 1 aliphatic heterocycles. The van der Waals surface area contributed by atoms with Gasteiger partial charge in [0.2, 0.25) is 10.0 Å². The van der Waals surface area contributed by atoms with Crippen molar-refractivity contribution in [3.8, 4) is 5.75 Å². The molecule has 2 aromatic rings. The second-order valence-electron chi connectivity index (χ2n) is 11.1. The lowest BCUT2D eigenvalue weighted by Gasteiger charge is -2.35. The van der Waals surface area contributed by atoms with Crippen molar-refractivity contribution < 1.29 is 32.6 Å². The molecule has 1 aliphatic rings. The normalized spacial score (nSPS) is 21.3. The molecule has 0 bridgehead atoms. The molecule has 0 fully saturated rings. The number of nitrogens with zero attached hydrogens (tertiary/aromatic N) is 2. The number of aliphatic hydroxyl groups is 1. The predicted molar refractivity (Wildman–Crippen MR) is 163 cm³/mol. The second-order valence-corrected chi connectivity index (χ2v) is 12.8. The van der Waals surface area contributed by atoms with Crippen LogP contribution in [-0.2, 0) is 14.8 Å². The first kappa shape index (κ1) is 33.2. The van der Waals surface area contributed by atoms with Gasteiger partial charge in [0.25, 0.3) is 5.91 Å². The van der Waals surface area contributed by atoms with Crippen LogP contribution in [0.5, 0.6) is 5.75 Å². The molecule has 3 amide bonds. The Kier molecular flexibility index (Phi) is 12.0. The number of nitrogens with one attached hydrogen (secondary N) is 2. The minimum atomic E-state index is -3.58. The summed E-state index contributed by atoms with van der Waals surface area (Å²) in [6.07, 6.45) is 2.77. The molecule has 12 heteroatoms. The number of amides is 3. The highest BCUT2D eigenvalue weighted by molar-refractivity contribution is 7.92. The van der Waals surface area contributed by atoms with Gasteiger partial charge in [-0.15, -0.1) is 0 Å². The van der Waals surface area contributed by atoms with Gasteiger partial charge in [-0.1, -0.05) is 25.1 Å². The van der Waals surface area contributed by atoms with E-state index < -0.39 is 28.1 Å². The van der Waals surface area contributed by atoms with Crippen LogP contribution in [0.1, 0.15) is 50.4 Å². The van der Waals surface area contributed by atoms with Gasteiger partial charge in [0.05, 0.1) is 36.7 Å². The number of ether oxygens (including phenoxy) is 2. The Morgan fingerprint density at radius 3 is 2.52 bits per heavy atom. The summed E-state index contributed by atoms with van der Waals surface area (Å²) in [6, 6.07) is 13.0. The van der Waals surface area contributed by atoms with Crippen molar-refractivity contribution in [1.29, 1.82) is 0 Å². The first-order chi connectivity index (χ1) is 19.9. The Bertz CT molecular complexity index is 1290. The maximum absolute atomic E-state index is 14.1. The van der Waals surface area contributed by atoms with Crippen molar-refractivity contribution >= 4 is 33.3 Å². The third kappa shape index (κ3) is 9.88. The fourth-order valence-corrected chi connectivity index (χ4v) is 5.31. The molecular formula is C30H44N4O7S. The van der Waals surface area contributed by atoms with Crippen molar-refractivity contribution in [3.05, 3.63) is 54.1 Å². The summed E-state index contributed by atoms with van der Waals surface area (Å²) in [5.41, 5.74) is 1.11. The molecule has 232 valence electrons. The smallest absolute Gasteiger partial charge is 0.321 e. The number of urea groups is 1. The van der Waals surface area contributed by atoms with Gasteiger partial charge in [-0.3, -0.25) is 9.52 Å². The van der Waals surface area contributed by atoms with Gasteiger partial charge in [-0.25, -0.2) is 13.2 Å². The summed E-state index contributed by atoms with van der Waals surface area (Å²) >= 11 is 0. The standard InChI is InChI=1S/C30H44N4O7S/c1-21-18-34(22(2)20-35)29(36)26-17-25(32-42(5,38)39)14-15-27(26)41-23(3)11-9-10-16-40-28(21)19-33(4)30(37)31-24-12-7-6-8-13-24/h6-8,12-15,17,21-23,28,32,35H,9-11,16,18-20H2,1-5H3,(H,31,37)/t21-,22+,23-,28+/m0/s1. The van der Waals surface area contributed by atoms with E-state index in [1.807, 2.05) is 44.2 Å². The van der Waals surface area contributed by atoms with Crippen LogP contribution in [0, 0.1) is 5.92 Å². The molecule has 0 saturated heterocycles. The number of aliphatic hydroxyl groups excluding tert-OH is 1. The SMILES string of the molecule is C[C@H](CO)N1C[C@H](C)[C@@H](CN(C)C(=O)Nc2ccccc2)OCCCC[C@H](C)Oc2ccc(NS(C)(=O)=O)cc2C1=O. The minimum Gasteiger partial charge on any atom is -0.490 e. The van der Waals surface area contributed by atoms with E-state index in [2.05, 4.69) is 10.0 Å². The zero-order chi connectivity index (χ0) is 30.9. The van der Waals surface area contributed by atoms with Crippen molar-refractivity contribution in [2.75, 3.05) is 49.6 Å². The maximum atomic E-state index is 14.1. The summed E-state index contributed by atoms with van der Waals surface area (Å²) in [5.74, 6) is -0.288. The van der Waals surface area contributed by atoms with E-state index in [1.165, 1.54) is 6.07 Å². The van der Waals surface area contributed by atoms with Crippen molar-refractivity contribution in [1.82, 2.24) is 9.80 Å². The van der Waals surface area contributed by atoms with Gasteiger partial charge >= 0.3 is 6.03 Å². The maximum Gasteiger partial charge on any atom is 0.321 e. The zero-order valence-corrected chi connectivity index (χ0v) is 25.9. The van der Waals surface area contributed by atoms with Gasteiger partial charge in [0, 0.05) is 44.0 Å². The monoisotopic (exact) mass is 604 g/mol. The van der Waals surface area contributed by atoms with Crippen LogP contribution in [0.4, 0.5) is 16.2 Å². The number of benzene rings is 2. The second kappa shape index (κ2) is 15.2. The molecule has 0 spiro atoms. The average Bonchev–Trinajstić information content (AvgIpc) is 2.94. The number of hydrogen-bond donors (Lipinski definition) is 3. The number of carbonyl (C=O) groups is 2. The molecule has 42 heavy (non-hydrogen) atoms. The van der Waals surface area contributed by atoms with Crippen molar-refractivity contribution in [2.45, 2.75) is 58.3 Å². The van der Waals surface area contributed by atoms with Gasteiger partial charge in [-0.2, -0.15) is 0 Å². The fourth-order valence-electron chi connectivity index (χ4n) is 4.76. The highest BCUT2D eigenvalue weighted by Gasteiger charge is 2.31. The topological polar surface area (TPSA) is 138 Å². The molecular weight excluding hydrogens is 560 g/mol. The van der Waals surface area contributed by atoms with E-state index in [0.717, 1.165) is 25.5 Å². The Balaban J connectivity index is 1.91. The number of sulfonamides is 1. The van der Waals surface area contributed by atoms with E-state index in [0.29, 0.717) is 18.0 Å². The molecule has 0 aromatic heterocycles. The average molecular weight is 605 g/mol. The van der Waals surface area contributed by atoms with Crippen molar-refractivity contribution in [2.24, 2.45) is 5.92 Å². The molecule has 3 N–H and O–H groups in total. The summed E-state index contributed by atoms with van der Waals surface area (Å²) < 4.78 is 38.7. The summed E-state index contributed by atoms with van der Waals surface area (Å²) in [4.78, 5) is 30.1. The molecule has 3 rings (SSSR count). The van der Waals surface area contributed by atoms with Crippen molar-refractivity contribution in [3.63, 3.8) is 0 Å². The number of likely N-dealkylation sites (N-methyl/N-ethyl adjacent to an activating group) is 1. The number of anilines is 2. The lowest BCUT2D eigenvalue weighted by molar-refractivity contribution is -0.0115. The van der Waals surface area contributed by atoms with Crippen LogP contribution < -0.4 is 14.8 Å². The van der Waals surface area contributed by atoms with Gasteiger partial charge in [0.15, 0.2) is 0 Å². The Hall–Kier alpha value is -3.35. The third-order valence-electron chi connectivity index (χ3n) is 7.18. The van der Waals surface area contributed by atoms with Crippen LogP contribution in [0.2, 0.25) is 0 Å². The molecule has 11 nitrogen and oxygen atoms in total. The van der Waals surface area contributed by atoms with Crippen LogP contribution in [0.25, 0.3) is 0 Å². The van der Waals surface area contributed by atoms with Gasteiger partial charge in [-0.05, 0) is 63.4 Å². The van der Waals surface area contributed by atoms with Crippen LogP contribution >= 0.6 is 0 Å². The minimum absolute atomic E-state index is 0.192. The number of hydrogen-bond acceptors (Lipinski definition) is 7. The molecule has 2 aromatic carbocycles. The molecule has 0 aliphatic carbocycles. The van der Waals surface area contributed by atoms with Crippen LogP contribution in [-0.4, -0.2) is 93.1 Å². The molecule has 0 radical (unpaired) electrons. The van der Waals surface area contributed by atoms with E-state index in [1.54, 1.807) is 35.9 Å². The van der Waals surface area contributed by atoms with E-state index in [9.17, 15) is 23.1 Å². The molecule has 0 unspecified atom stereocenters. The molecule has 4 atom stereocenters. The van der Waals surface area contributed by atoms with Crippen LogP contribution in [0.3, 0.4) is 0 Å². The fraction of sp³-hybridized carbons (Fsp3) is 0.533. The Morgan fingerprint density at radius 2 is 1.86 bits per heavy atom. The molecule has 1 heterocycles. The Morgan fingerprint density at radius 1 is 1.14 bits per heavy atom. The van der Waals surface area contributed by atoms with Gasteiger partial charge < -0.3 is 29.7 Å². The lowest BCUT2D eigenvalue weighted by atomic mass is 10.0. The predicted octanol–water partition coefficient (Wildman–Crippen LogP) is 4.02. The Labute approximate surface area is 249 Å². The summed E-state index contributed by atoms with van der Waals surface area (Å²) in [6.45, 7) is 6.32. The zero-order valence-electron chi connectivity index (χ0n) is 25.1. The third-order valence-corrected chi connectivity index (χ3v) is 7.79. The number of para-hydroxylation sites is 1. The quantitative estimate of drug-likeness (QED) is 0.434. The largest absolute Gasteiger partial charge is 0.490 e. The first-order valence-electron chi connectivity index (χ1n) is 14.3. The van der Waals surface area contributed by atoms with E-state index >= 15 is 0 Å². The lowest BCUT2D eigenvalue weighted by Crippen LogP contribution is -2.48. The van der Waals surface area contributed by atoms with Gasteiger partial charge in [0.1, 0.15) is 5.75 Å². The summed E-state index contributed by atoms with van der Waals surface area (Å²) in [7, 11) is -1.88. The number of carbonyl (C=O) groups excluding carboxylic acids is 2. The van der Waals surface area contributed by atoms with Crippen LogP contribution in [0.15, 0.2) is 48.5 Å². The molecule has 0 saturated carbocycles. The number of fused-ring (bicyclic) bond motifs is 1. The highest BCUT2D eigenvalue weighted by atomic mass is 32.2. The first-order valence-corrected chi connectivity index (χ1v) is 16.2.